The Hall–Kier alpha value is -0.880. The molecule has 74 valence electrons. The summed E-state index contributed by atoms with van der Waals surface area (Å²) in [5, 5.41) is 3.95. The number of aromatic nitrogens is 2. The highest BCUT2D eigenvalue weighted by Crippen LogP contribution is 2.15. The number of methoxy groups -OCH3 is 1. The molecule has 0 spiro atoms. The Labute approximate surface area is 81.9 Å². The highest BCUT2D eigenvalue weighted by molar-refractivity contribution is 7.09. The molecule has 1 N–H and O–H groups in total. The third-order valence-electron chi connectivity index (χ3n) is 1.40. The maximum absolute atomic E-state index is 4.90. The van der Waals surface area contributed by atoms with E-state index in [0.717, 1.165) is 17.6 Å². The Bertz CT molecular complexity index is 250. The summed E-state index contributed by atoms with van der Waals surface area (Å²) in [6.07, 6.45) is 0. The van der Waals surface area contributed by atoms with Gasteiger partial charge in [-0.1, -0.05) is 0 Å². The molecule has 0 saturated carbocycles. The lowest BCUT2D eigenvalue weighted by Gasteiger charge is -2.04. The van der Waals surface area contributed by atoms with Gasteiger partial charge in [0, 0.05) is 39.3 Å². The van der Waals surface area contributed by atoms with E-state index in [0.29, 0.717) is 6.61 Å². The van der Waals surface area contributed by atoms with Crippen molar-refractivity contribution in [1.82, 2.24) is 9.36 Å². The molecule has 0 atom stereocenters. The smallest absolute Gasteiger partial charge is 0.238 e. The summed E-state index contributed by atoms with van der Waals surface area (Å²) in [7, 11) is 5.51. The van der Waals surface area contributed by atoms with E-state index in [1.165, 1.54) is 11.5 Å². The Morgan fingerprint density at radius 1 is 1.54 bits per heavy atom. The summed E-state index contributed by atoms with van der Waals surface area (Å²) in [4.78, 5) is 6.12. The second kappa shape index (κ2) is 4.98. The summed E-state index contributed by atoms with van der Waals surface area (Å²) in [6.45, 7) is 1.44. The van der Waals surface area contributed by atoms with Gasteiger partial charge in [0.1, 0.15) is 0 Å². The molecule has 0 aliphatic heterocycles. The Morgan fingerprint density at radius 2 is 2.31 bits per heavy atom. The van der Waals surface area contributed by atoms with Gasteiger partial charge in [-0.15, -0.1) is 0 Å². The monoisotopic (exact) mass is 202 g/mol. The van der Waals surface area contributed by atoms with Crippen LogP contribution in [0.4, 0.5) is 11.1 Å². The molecule has 0 unspecified atom stereocenters. The predicted molar refractivity (Wildman–Crippen MR) is 54.6 cm³/mol. The zero-order valence-corrected chi connectivity index (χ0v) is 8.89. The molecule has 0 radical (unpaired) electrons. The molecule has 0 aliphatic carbocycles. The van der Waals surface area contributed by atoms with Crippen LogP contribution in [0, 0.1) is 0 Å². The molecule has 0 aliphatic rings. The van der Waals surface area contributed by atoms with E-state index in [-0.39, 0.29) is 0 Å². The van der Waals surface area contributed by atoms with Crippen molar-refractivity contribution < 1.29 is 4.74 Å². The van der Waals surface area contributed by atoms with Gasteiger partial charge in [-0.25, -0.2) is 0 Å². The van der Waals surface area contributed by atoms with Gasteiger partial charge < -0.3 is 15.0 Å². The molecule has 0 bridgehead atoms. The molecule has 6 heteroatoms. The van der Waals surface area contributed by atoms with Crippen LogP contribution >= 0.6 is 11.5 Å². The first kappa shape index (κ1) is 10.2. The van der Waals surface area contributed by atoms with Crippen LogP contribution < -0.4 is 10.2 Å². The lowest BCUT2D eigenvalue weighted by molar-refractivity contribution is 0.211. The van der Waals surface area contributed by atoms with Gasteiger partial charge in [0.05, 0.1) is 6.61 Å². The molecule has 0 fully saturated rings. The Morgan fingerprint density at radius 3 is 2.85 bits per heavy atom. The van der Waals surface area contributed by atoms with E-state index < -0.39 is 0 Å². The molecular formula is C7H14N4OS. The van der Waals surface area contributed by atoms with Crippen molar-refractivity contribution in [2.75, 3.05) is 44.6 Å². The van der Waals surface area contributed by atoms with Crippen LogP contribution in [0.25, 0.3) is 0 Å². The second-order valence-corrected chi connectivity index (χ2v) is 3.47. The van der Waals surface area contributed by atoms with Crippen molar-refractivity contribution >= 4 is 22.6 Å². The molecule has 0 saturated heterocycles. The number of anilines is 2. The fraction of sp³-hybridized carbons (Fsp3) is 0.714. The number of rotatable bonds is 5. The molecule has 1 aromatic heterocycles. The van der Waals surface area contributed by atoms with E-state index in [2.05, 4.69) is 14.7 Å². The van der Waals surface area contributed by atoms with Crippen LogP contribution in [0.1, 0.15) is 0 Å². The third-order valence-corrected chi connectivity index (χ3v) is 2.06. The van der Waals surface area contributed by atoms with Crippen LogP contribution in [-0.4, -0.2) is 43.7 Å². The lowest BCUT2D eigenvalue weighted by Crippen LogP contribution is -2.11. The number of ether oxygens (including phenoxy) is 1. The Balaban J connectivity index is 2.40. The standard InChI is InChI=1S/C7H14N4OS/c1-11(2)6-9-7(13-10-6)8-4-5-12-3/h4-5H2,1-3H3,(H,8,9,10). The van der Waals surface area contributed by atoms with Gasteiger partial charge >= 0.3 is 0 Å². The van der Waals surface area contributed by atoms with Crippen LogP contribution in [0.15, 0.2) is 0 Å². The zero-order valence-electron chi connectivity index (χ0n) is 8.07. The minimum atomic E-state index is 0.677. The molecular weight excluding hydrogens is 188 g/mol. The van der Waals surface area contributed by atoms with Crippen molar-refractivity contribution in [1.29, 1.82) is 0 Å². The van der Waals surface area contributed by atoms with Gasteiger partial charge in [-0.2, -0.15) is 9.36 Å². The van der Waals surface area contributed by atoms with E-state index in [1.807, 2.05) is 19.0 Å². The fourth-order valence-corrected chi connectivity index (χ4v) is 1.39. The highest BCUT2D eigenvalue weighted by Gasteiger charge is 2.03. The average Bonchev–Trinajstić information content (AvgIpc) is 2.53. The SMILES string of the molecule is COCCNc1nc(N(C)C)ns1. The molecule has 1 heterocycles. The largest absolute Gasteiger partial charge is 0.383 e. The summed E-state index contributed by atoms with van der Waals surface area (Å²) in [5.41, 5.74) is 0. The predicted octanol–water partition coefficient (Wildman–Crippen LogP) is 0.662. The van der Waals surface area contributed by atoms with Crippen LogP contribution in [0.3, 0.4) is 0 Å². The third kappa shape index (κ3) is 3.16. The van der Waals surface area contributed by atoms with E-state index in [9.17, 15) is 0 Å². The van der Waals surface area contributed by atoms with Gasteiger partial charge in [0.15, 0.2) is 0 Å². The first-order valence-electron chi connectivity index (χ1n) is 3.98. The molecule has 5 nitrogen and oxygen atoms in total. The van der Waals surface area contributed by atoms with E-state index in [4.69, 9.17) is 4.74 Å². The van der Waals surface area contributed by atoms with Crippen LogP contribution in [-0.2, 0) is 4.74 Å². The highest BCUT2D eigenvalue weighted by atomic mass is 32.1. The molecule has 0 aromatic carbocycles. The first-order valence-corrected chi connectivity index (χ1v) is 4.75. The van der Waals surface area contributed by atoms with Gasteiger partial charge in [-0.3, -0.25) is 0 Å². The van der Waals surface area contributed by atoms with Crippen LogP contribution in [0.5, 0.6) is 0 Å². The molecule has 0 amide bonds. The van der Waals surface area contributed by atoms with Crippen LogP contribution in [0.2, 0.25) is 0 Å². The molecule has 1 aromatic rings. The summed E-state index contributed by atoms with van der Waals surface area (Å²) < 4.78 is 9.05. The minimum Gasteiger partial charge on any atom is -0.383 e. The van der Waals surface area contributed by atoms with Crippen molar-refractivity contribution in [2.45, 2.75) is 0 Å². The summed E-state index contributed by atoms with van der Waals surface area (Å²) >= 11 is 1.36. The van der Waals surface area contributed by atoms with Gasteiger partial charge in [0.2, 0.25) is 11.1 Å². The fourth-order valence-electron chi connectivity index (χ4n) is 0.729. The van der Waals surface area contributed by atoms with Gasteiger partial charge in [-0.05, 0) is 0 Å². The molecule has 13 heavy (non-hydrogen) atoms. The molecule has 1 rings (SSSR count). The van der Waals surface area contributed by atoms with Crippen molar-refractivity contribution in [3.05, 3.63) is 0 Å². The zero-order chi connectivity index (χ0) is 9.68. The second-order valence-electron chi connectivity index (χ2n) is 2.71. The topological polar surface area (TPSA) is 50.3 Å². The van der Waals surface area contributed by atoms with Gasteiger partial charge in [0.25, 0.3) is 0 Å². The van der Waals surface area contributed by atoms with Crippen molar-refractivity contribution in [2.24, 2.45) is 0 Å². The normalized spacial score (nSPS) is 10.1. The quantitative estimate of drug-likeness (QED) is 0.711. The number of hydrogen-bond donors (Lipinski definition) is 1. The average molecular weight is 202 g/mol. The number of nitrogens with one attached hydrogen (secondary N) is 1. The lowest BCUT2D eigenvalue weighted by atomic mass is 10.7. The van der Waals surface area contributed by atoms with Crippen molar-refractivity contribution in [3.63, 3.8) is 0 Å². The maximum atomic E-state index is 4.90. The van der Waals surface area contributed by atoms with E-state index >= 15 is 0 Å². The summed E-state index contributed by atoms with van der Waals surface area (Å²) in [5.74, 6) is 0.741. The minimum absolute atomic E-state index is 0.677. The first-order chi connectivity index (χ1) is 6.24. The van der Waals surface area contributed by atoms with Crippen molar-refractivity contribution in [3.8, 4) is 0 Å². The van der Waals surface area contributed by atoms with E-state index in [1.54, 1.807) is 7.11 Å². The summed E-state index contributed by atoms with van der Waals surface area (Å²) in [6, 6.07) is 0. The maximum Gasteiger partial charge on any atom is 0.238 e. The Kier molecular flexibility index (Phi) is 3.91. The number of hydrogen-bond acceptors (Lipinski definition) is 6. The number of nitrogens with zero attached hydrogens (tertiary/aromatic N) is 3.